The zero-order valence-corrected chi connectivity index (χ0v) is 19.1. The van der Waals surface area contributed by atoms with Crippen LogP contribution in [0.3, 0.4) is 0 Å². The molecule has 0 spiro atoms. The number of carbonyl (C=O) groups is 2. The van der Waals surface area contributed by atoms with Crippen LogP contribution >= 0.6 is 0 Å². The molecule has 0 aliphatic rings. The Morgan fingerprint density at radius 3 is 1.75 bits per heavy atom. The Bertz CT molecular complexity index is 381. The second kappa shape index (κ2) is 19.3. The summed E-state index contributed by atoms with van der Waals surface area (Å²) in [7, 11) is 0. The van der Waals surface area contributed by atoms with Gasteiger partial charge in [0.1, 0.15) is 6.10 Å². The highest BCUT2D eigenvalue weighted by atomic mass is 16.5. The van der Waals surface area contributed by atoms with Crippen molar-refractivity contribution in [3.8, 4) is 0 Å². The Balaban J connectivity index is 3.41. The summed E-state index contributed by atoms with van der Waals surface area (Å²) in [5.41, 5.74) is 0. The molecule has 0 aliphatic carbocycles. The minimum absolute atomic E-state index is 0.0199. The molecule has 2 atom stereocenters. The number of unbranched alkanes of at least 4 members (excludes halogenated alkanes) is 10. The van der Waals surface area contributed by atoms with E-state index >= 15 is 0 Å². The van der Waals surface area contributed by atoms with Crippen LogP contribution in [0.25, 0.3) is 0 Å². The number of hydrogen-bond donors (Lipinski definition) is 0. The van der Waals surface area contributed by atoms with Gasteiger partial charge in [0.05, 0.1) is 6.61 Å². The summed E-state index contributed by atoms with van der Waals surface area (Å²) in [5, 5.41) is 0. The monoisotopic (exact) mass is 398 g/mol. The van der Waals surface area contributed by atoms with Crippen LogP contribution in [-0.4, -0.2) is 24.6 Å². The first-order valence-electron chi connectivity index (χ1n) is 11.9. The van der Waals surface area contributed by atoms with Crippen LogP contribution in [0.5, 0.6) is 0 Å². The highest BCUT2D eigenvalue weighted by molar-refractivity contribution is 5.70. The molecule has 0 rings (SSSR count). The van der Waals surface area contributed by atoms with Crippen molar-refractivity contribution in [1.29, 1.82) is 0 Å². The molecule has 2 unspecified atom stereocenters. The van der Waals surface area contributed by atoms with Gasteiger partial charge in [0.15, 0.2) is 0 Å². The quantitative estimate of drug-likeness (QED) is 0.174. The zero-order valence-electron chi connectivity index (χ0n) is 19.1. The molecule has 0 amide bonds. The number of carbonyl (C=O) groups excluding carboxylic acids is 2. The first-order valence-corrected chi connectivity index (χ1v) is 11.9. The molecule has 0 N–H and O–H groups in total. The Morgan fingerprint density at radius 2 is 1.18 bits per heavy atom. The summed E-state index contributed by atoms with van der Waals surface area (Å²) in [4.78, 5) is 23.5. The Morgan fingerprint density at radius 1 is 0.679 bits per heavy atom. The number of ether oxygens (including phenoxy) is 2. The lowest BCUT2D eigenvalue weighted by Gasteiger charge is -2.18. The van der Waals surface area contributed by atoms with Crippen LogP contribution in [0.15, 0.2) is 0 Å². The molecule has 0 aromatic carbocycles. The van der Waals surface area contributed by atoms with Crippen molar-refractivity contribution in [2.24, 2.45) is 5.92 Å². The number of hydrogen-bond acceptors (Lipinski definition) is 4. The molecule has 4 heteroatoms. The smallest absolute Gasteiger partial charge is 0.306 e. The van der Waals surface area contributed by atoms with Crippen LogP contribution in [0.2, 0.25) is 0 Å². The minimum atomic E-state index is -0.124. The van der Waals surface area contributed by atoms with Crippen molar-refractivity contribution in [3.63, 3.8) is 0 Å². The van der Waals surface area contributed by atoms with E-state index in [1.54, 1.807) is 0 Å². The summed E-state index contributed by atoms with van der Waals surface area (Å²) in [5.74, 6) is 0.165. The van der Waals surface area contributed by atoms with Gasteiger partial charge in [-0.3, -0.25) is 9.59 Å². The van der Waals surface area contributed by atoms with Crippen molar-refractivity contribution in [2.75, 3.05) is 6.61 Å². The predicted octanol–water partition coefficient (Wildman–Crippen LogP) is 6.99. The maximum Gasteiger partial charge on any atom is 0.306 e. The summed E-state index contributed by atoms with van der Waals surface area (Å²) in [6, 6.07) is 0. The van der Waals surface area contributed by atoms with Gasteiger partial charge in [-0.05, 0) is 32.1 Å². The van der Waals surface area contributed by atoms with E-state index < -0.39 is 0 Å². The van der Waals surface area contributed by atoms with Gasteiger partial charge in [0.25, 0.3) is 0 Å². The van der Waals surface area contributed by atoms with Crippen LogP contribution in [-0.2, 0) is 19.1 Å². The summed E-state index contributed by atoms with van der Waals surface area (Å²) < 4.78 is 10.7. The van der Waals surface area contributed by atoms with Crippen LogP contribution in [0.1, 0.15) is 124 Å². The molecule has 28 heavy (non-hydrogen) atoms. The topological polar surface area (TPSA) is 52.6 Å². The van der Waals surface area contributed by atoms with Gasteiger partial charge >= 0.3 is 11.9 Å². The van der Waals surface area contributed by atoms with Gasteiger partial charge in [-0.25, -0.2) is 0 Å². The van der Waals surface area contributed by atoms with E-state index in [0.29, 0.717) is 25.4 Å². The van der Waals surface area contributed by atoms with Gasteiger partial charge in [0.2, 0.25) is 0 Å². The fourth-order valence-corrected chi connectivity index (χ4v) is 3.10. The Kier molecular flexibility index (Phi) is 18.5. The standard InChI is InChI=1S/C24H46O4/c1-5-7-8-9-10-11-12-13-17-20-27-23(25)18-15-14-16-19-24(26)28-22(4)21(3)6-2/h21-22H,5-20H2,1-4H3. The lowest BCUT2D eigenvalue weighted by atomic mass is 10.0. The van der Waals surface area contributed by atoms with Crippen molar-refractivity contribution in [3.05, 3.63) is 0 Å². The minimum Gasteiger partial charge on any atom is -0.466 e. The first kappa shape index (κ1) is 26.9. The Labute approximate surface area is 174 Å². The first-order chi connectivity index (χ1) is 13.5. The van der Waals surface area contributed by atoms with E-state index in [0.717, 1.165) is 38.5 Å². The molecule has 0 saturated carbocycles. The van der Waals surface area contributed by atoms with E-state index in [1.165, 1.54) is 44.9 Å². The molecule has 0 bridgehead atoms. The van der Waals surface area contributed by atoms with Gasteiger partial charge in [-0.15, -0.1) is 0 Å². The predicted molar refractivity (Wildman–Crippen MR) is 116 cm³/mol. The normalized spacial score (nSPS) is 13.1. The van der Waals surface area contributed by atoms with Crippen molar-refractivity contribution < 1.29 is 19.1 Å². The molecular weight excluding hydrogens is 352 g/mol. The lowest BCUT2D eigenvalue weighted by Crippen LogP contribution is -2.21. The van der Waals surface area contributed by atoms with E-state index in [4.69, 9.17) is 9.47 Å². The molecule has 0 radical (unpaired) electrons. The largest absolute Gasteiger partial charge is 0.466 e. The van der Waals surface area contributed by atoms with Crippen LogP contribution in [0.4, 0.5) is 0 Å². The van der Waals surface area contributed by atoms with Gasteiger partial charge in [0, 0.05) is 12.8 Å². The highest BCUT2D eigenvalue weighted by Crippen LogP contribution is 2.13. The lowest BCUT2D eigenvalue weighted by molar-refractivity contribution is -0.150. The number of esters is 2. The molecule has 0 aromatic rings. The van der Waals surface area contributed by atoms with E-state index in [9.17, 15) is 9.59 Å². The van der Waals surface area contributed by atoms with E-state index in [-0.39, 0.29) is 18.0 Å². The van der Waals surface area contributed by atoms with Crippen molar-refractivity contribution in [1.82, 2.24) is 0 Å². The average molecular weight is 399 g/mol. The molecule has 166 valence electrons. The molecule has 4 nitrogen and oxygen atoms in total. The van der Waals surface area contributed by atoms with Crippen LogP contribution < -0.4 is 0 Å². The second-order valence-electron chi connectivity index (χ2n) is 8.19. The molecule has 0 fully saturated rings. The van der Waals surface area contributed by atoms with Gasteiger partial charge < -0.3 is 9.47 Å². The SMILES string of the molecule is CCCCCCCCCCCOC(=O)CCCCCC(=O)OC(C)C(C)CC. The van der Waals surface area contributed by atoms with E-state index in [2.05, 4.69) is 20.8 Å². The fourth-order valence-electron chi connectivity index (χ4n) is 3.10. The third-order valence-electron chi connectivity index (χ3n) is 5.54. The van der Waals surface area contributed by atoms with E-state index in [1.807, 2.05) is 6.92 Å². The van der Waals surface area contributed by atoms with Gasteiger partial charge in [-0.1, -0.05) is 85.0 Å². The molecule has 0 aromatic heterocycles. The zero-order chi connectivity index (χ0) is 21.0. The average Bonchev–Trinajstić information content (AvgIpc) is 2.68. The maximum absolute atomic E-state index is 11.8. The number of rotatable bonds is 19. The molecule has 0 aliphatic heterocycles. The summed E-state index contributed by atoms with van der Waals surface area (Å²) >= 11 is 0. The second-order valence-corrected chi connectivity index (χ2v) is 8.19. The third-order valence-corrected chi connectivity index (χ3v) is 5.54. The Hall–Kier alpha value is -1.06. The van der Waals surface area contributed by atoms with Crippen molar-refractivity contribution in [2.45, 2.75) is 130 Å². The highest BCUT2D eigenvalue weighted by Gasteiger charge is 2.14. The molecular formula is C24H46O4. The molecule has 0 saturated heterocycles. The molecule has 0 heterocycles. The van der Waals surface area contributed by atoms with Crippen molar-refractivity contribution >= 4 is 11.9 Å². The van der Waals surface area contributed by atoms with Crippen LogP contribution in [0, 0.1) is 5.92 Å². The van der Waals surface area contributed by atoms with Gasteiger partial charge in [-0.2, -0.15) is 0 Å². The third kappa shape index (κ3) is 17.1. The maximum atomic E-state index is 11.8. The summed E-state index contributed by atoms with van der Waals surface area (Å²) in [6.45, 7) is 8.94. The fraction of sp³-hybridized carbons (Fsp3) is 0.917. The summed E-state index contributed by atoms with van der Waals surface area (Å²) in [6.07, 6.45) is 15.7.